The summed E-state index contributed by atoms with van der Waals surface area (Å²) in [5.74, 6) is -0.719. The first-order valence-corrected chi connectivity index (χ1v) is 9.60. The van der Waals surface area contributed by atoms with Crippen LogP contribution in [0.2, 0.25) is 0 Å². The van der Waals surface area contributed by atoms with Crippen molar-refractivity contribution in [2.24, 2.45) is 10.7 Å². The zero-order valence-electron chi connectivity index (χ0n) is 17.6. The summed E-state index contributed by atoms with van der Waals surface area (Å²) in [6.07, 6.45) is -0.837. The number of carbonyl (C=O) groups excluding carboxylic acids is 1. The van der Waals surface area contributed by atoms with Crippen molar-refractivity contribution < 1.29 is 22.4 Å². The molecule has 0 aliphatic rings. The number of anilines is 1. The van der Waals surface area contributed by atoms with Gasteiger partial charge in [0.1, 0.15) is 11.6 Å². The predicted octanol–water partition coefficient (Wildman–Crippen LogP) is 4.86. The van der Waals surface area contributed by atoms with E-state index in [4.69, 9.17) is 5.73 Å². The molecule has 0 unspecified atom stereocenters. The first-order chi connectivity index (χ1) is 15.6. The Bertz CT molecular complexity index is 1230. The van der Waals surface area contributed by atoms with Gasteiger partial charge >= 0.3 is 6.18 Å². The van der Waals surface area contributed by atoms with Gasteiger partial charge in [-0.05, 0) is 55.5 Å². The van der Waals surface area contributed by atoms with Crippen LogP contribution in [0.1, 0.15) is 27.3 Å². The van der Waals surface area contributed by atoms with Gasteiger partial charge in [-0.2, -0.15) is 13.2 Å². The molecule has 33 heavy (non-hydrogen) atoms. The Hall–Kier alpha value is -4.08. The van der Waals surface area contributed by atoms with Crippen LogP contribution in [0.3, 0.4) is 0 Å². The van der Waals surface area contributed by atoms with Gasteiger partial charge in [0.05, 0.1) is 23.1 Å². The molecule has 1 amide bonds. The van der Waals surface area contributed by atoms with E-state index >= 15 is 0 Å². The molecule has 3 N–H and O–H groups in total. The smallest absolute Gasteiger partial charge is 0.398 e. The maximum absolute atomic E-state index is 13.5. The number of aliphatic imine (C=N–C) groups is 1. The number of nitrogens with one attached hydrogen (secondary N) is 1. The lowest BCUT2D eigenvalue weighted by Crippen LogP contribution is -2.17. The van der Waals surface area contributed by atoms with E-state index in [9.17, 15) is 22.4 Å². The molecule has 0 saturated heterocycles. The number of nitrogens with zero attached hydrogens (tertiary/aromatic N) is 3. The lowest BCUT2D eigenvalue weighted by Gasteiger charge is -2.15. The van der Waals surface area contributed by atoms with Crippen LogP contribution in [-0.2, 0) is 6.18 Å². The van der Waals surface area contributed by atoms with Crippen molar-refractivity contribution in [2.45, 2.75) is 13.1 Å². The maximum atomic E-state index is 13.5. The fourth-order valence-corrected chi connectivity index (χ4v) is 3.00. The van der Waals surface area contributed by atoms with Gasteiger partial charge in [-0.15, -0.1) is 0 Å². The third kappa shape index (κ3) is 5.59. The number of halogens is 4. The first-order valence-electron chi connectivity index (χ1n) is 9.60. The summed E-state index contributed by atoms with van der Waals surface area (Å²) >= 11 is 0. The molecule has 0 radical (unpaired) electrons. The maximum Gasteiger partial charge on any atom is 0.417 e. The van der Waals surface area contributed by atoms with Crippen molar-refractivity contribution in [3.05, 3.63) is 83.1 Å². The number of aromatic nitrogens is 2. The molecule has 0 atom stereocenters. The average Bonchev–Trinajstić information content (AvgIpc) is 2.78. The molecule has 2 aromatic carbocycles. The van der Waals surface area contributed by atoms with Crippen molar-refractivity contribution in [1.29, 1.82) is 0 Å². The van der Waals surface area contributed by atoms with E-state index in [0.29, 0.717) is 17.1 Å². The molecular weight excluding hydrogens is 438 g/mol. The van der Waals surface area contributed by atoms with Crippen molar-refractivity contribution in [3.63, 3.8) is 0 Å². The molecule has 3 rings (SSSR count). The van der Waals surface area contributed by atoms with Crippen LogP contribution in [0, 0.1) is 12.7 Å². The largest absolute Gasteiger partial charge is 0.417 e. The quantitative estimate of drug-likeness (QED) is 0.423. The topological polar surface area (TPSA) is 93.3 Å². The summed E-state index contributed by atoms with van der Waals surface area (Å²) in [4.78, 5) is 24.9. The summed E-state index contributed by atoms with van der Waals surface area (Å²) in [5, 5.41) is 2.61. The summed E-state index contributed by atoms with van der Waals surface area (Å²) in [5.41, 5.74) is 5.29. The lowest BCUT2D eigenvalue weighted by molar-refractivity contribution is -0.137. The summed E-state index contributed by atoms with van der Waals surface area (Å²) in [6.45, 7) is 1.65. The van der Waals surface area contributed by atoms with Gasteiger partial charge in [-0.3, -0.25) is 9.79 Å². The number of carbonyl (C=O) groups is 1. The van der Waals surface area contributed by atoms with Crippen LogP contribution in [0.5, 0.6) is 0 Å². The zero-order valence-corrected chi connectivity index (χ0v) is 17.6. The molecule has 10 heteroatoms. The van der Waals surface area contributed by atoms with Crippen LogP contribution < -0.4 is 11.1 Å². The number of alkyl halides is 3. The SMILES string of the molecule is CN=CC=C(N)c1cc(C(=O)Nc2cnc(C)nc2-c2ccc(F)cc2)ccc1C(F)(F)F. The fraction of sp³-hybridized carbons (Fsp3) is 0.130. The van der Waals surface area contributed by atoms with E-state index in [0.717, 1.165) is 18.2 Å². The molecule has 170 valence electrons. The minimum atomic E-state index is -4.67. The van der Waals surface area contributed by atoms with E-state index in [1.54, 1.807) is 6.92 Å². The molecule has 0 fully saturated rings. The highest BCUT2D eigenvalue weighted by molar-refractivity contribution is 6.06. The minimum Gasteiger partial charge on any atom is -0.398 e. The Morgan fingerprint density at radius 3 is 2.48 bits per heavy atom. The number of nitrogens with two attached hydrogens (primary N) is 1. The van der Waals surface area contributed by atoms with Gasteiger partial charge in [0.25, 0.3) is 5.91 Å². The van der Waals surface area contributed by atoms with E-state index in [2.05, 4.69) is 20.3 Å². The number of amides is 1. The Morgan fingerprint density at radius 2 is 1.85 bits per heavy atom. The van der Waals surface area contributed by atoms with E-state index in [1.807, 2.05) is 0 Å². The molecule has 0 aliphatic carbocycles. The van der Waals surface area contributed by atoms with Crippen molar-refractivity contribution in [2.75, 3.05) is 12.4 Å². The van der Waals surface area contributed by atoms with E-state index in [-0.39, 0.29) is 22.5 Å². The Kier molecular flexibility index (Phi) is 6.86. The van der Waals surface area contributed by atoms with Crippen LogP contribution in [-0.4, -0.2) is 29.1 Å². The first kappa shape index (κ1) is 23.6. The molecular formula is C23H19F4N5O. The standard InChI is InChI=1S/C23H19F4N5O/c1-13-30-12-20(21(31-13)14-3-6-16(24)7-4-14)32-22(33)15-5-8-18(23(25,26)27)17(11-15)19(28)9-10-29-2/h3-12H,28H2,1-2H3,(H,32,33). The number of aryl methyl sites for hydroxylation is 1. The molecule has 3 aromatic rings. The zero-order chi connectivity index (χ0) is 24.2. The third-order valence-electron chi connectivity index (χ3n) is 4.58. The number of hydrogen-bond acceptors (Lipinski definition) is 5. The normalized spacial score (nSPS) is 12.2. The van der Waals surface area contributed by atoms with Crippen LogP contribution >= 0.6 is 0 Å². The fourth-order valence-electron chi connectivity index (χ4n) is 3.00. The van der Waals surface area contributed by atoms with Gasteiger partial charge in [0, 0.05) is 35.6 Å². The van der Waals surface area contributed by atoms with Crippen molar-refractivity contribution in [3.8, 4) is 11.3 Å². The van der Waals surface area contributed by atoms with Crippen molar-refractivity contribution in [1.82, 2.24) is 9.97 Å². The molecule has 0 aliphatic heterocycles. The second kappa shape index (κ2) is 9.60. The highest BCUT2D eigenvalue weighted by atomic mass is 19.4. The second-order valence-electron chi connectivity index (χ2n) is 6.93. The highest BCUT2D eigenvalue weighted by Gasteiger charge is 2.34. The van der Waals surface area contributed by atoms with Crippen molar-refractivity contribution >= 4 is 23.5 Å². The Morgan fingerprint density at radius 1 is 1.15 bits per heavy atom. The Labute approximate surface area is 186 Å². The molecule has 0 saturated carbocycles. The van der Waals surface area contributed by atoms with E-state index < -0.39 is 23.5 Å². The monoisotopic (exact) mass is 457 g/mol. The molecule has 1 aromatic heterocycles. The number of allylic oxidation sites excluding steroid dienone is 1. The van der Waals surface area contributed by atoms with Crippen LogP contribution in [0.15, 0.2) is 59.7 Å². The number of benzene rings is 2. The molecule has 1 heterocycles. The average molecular weight is 457 g/mol. The number of rotatable bonds is 5. The van der Waals surface area contributed by atoms with Gasteiger partial charge in [0.2, 0.25) is 0 Å². The van der Waals surface area contributed by atoms with E-state index in [1.165, 1.54) is 49.8 Å². The van der Waals surface area contributed by atoms with Crippen LogP contribution in [0.4, 0.5) is 23.2 Å². The minimum absolute atomic E-state index is 0.0616. The lowest BCUT2D eigenvalue weighted by atomic mass is 10.00. The predicted molar refractivity (Wildman–Crippen MR) is 118 cm³/mol. The van der Waals surface area contributed by atoms with Gasteiger partial charge in [-0.25, -0.2) is 14.4 Å². The van der Waals surface area contributed by atoms with Gasteiger partial charge < -0.3 is 11.1 Å². The van der Waals surface area contributed by atoms with Crippen LogP contribution in [0.25, 0.3) is 17.0 Å². The number of hydrogen-bond donors (Lipinski definition) is 2. The molecule has 0 bridgehead atoms. The summed E-state index contributed by atoms with van der Waals surface area (Å²) in [6, 6.07) is 8.37. The Balaban J connectivity index is 2.01. The summed E-state index contributed by atoms with van der Waals surface area (Å²) < 4.78 is 53.7. The molecule has 0 spiro atoms. The highest BCUT2D eigenvalue weighted by Crippen LogP contribution is 2.35. The second-order valence-corrected chi connectivity index (χ2v) is 6.93. The summed E-state index contributed by atoms with van der Waals surface area (Å²) in [7, 11) is 1.45. The third-order valence-corrected chi connectivity index (χ3v) is 4.58. The van der Waals surface area contributed by atoms with Gasteiger partial charge in [0.15, 0.2) is 0 Å². The van der Waals surface area contributed by atoms with Gasteiger partial charge in [-0.1, -0.05) is 0 Å². The molecule has 6 nitrogen and oxygen atoms in total.